The Bertz CT molecular complexity index is 807. The number of urea groups is 1. The van der Waals surface area contributed by atoms with Gasteiger partial charge in [0.25, 0.3) is 11.8 Å². The summed E-state index contributed by atoms with van der Waals surface area (Å²) >= 11 is 0. The first kappa shape index (κ1) is 14.7. The Morgan fingerprint density at radius 1 is 1.04 bits per heavy atom. The maximum atomic E-state index is 12.7. The van der Waals surface area contributed by atoms with Gasteiger partial charge in [0, 0.05) is 35.6 Å². The molecule has 6 heteroatoms. The van der Waals surface area contributed by atoms with Crippen molar-refractivity contribution in [2.24, 2.45) is 0 Å². The van der Waals surface area contributed by atoms with Crippen LogP contribution in [0, 0.1) is 0 Å². The lowest BCUT2D eigenvalue weighted by Gasteiger charge is -2.27. The molecule has 1 fully saturated rings. The van der Waals surface area contributed by atoms with Gasteiger partial charge in [-0.05, 0) is 30.4 Å². The normalized spacial score (nSPS) is 16.4. The number of hydrogen-bond donors (Lipinski definition) is 2. The number of nitrogens with zero attached hydrogens (tertiary/aromatic N) is 1. The molecule has 0 spiro atoms. The molecule has 0 saturated heterocycles. The number of imide groups is 1. The second kappa shape index (κ2) is 5.63. The Labute approximate surface area is 138 Å². The summed E-state index contributed by atoms with van der Waals surface area (Å²) in [5.41, 5.74) is 1.07. The Hall–Kier alpha value is -2.89. The van der Waals surface area contributed by atoms with Crippen molar-refractivity contribution in [3.05, 3.63) is 47.5 Å². The highest BCUT2D eigenvalue weighted by molar-refractivity contribution is 6.25. The lowest BCUT2D eigenvalue weighted by molar-refractivity contribution is 0.0612. The summed E-state index contributed by atoms with van der Waals surface area (Å²) in [5.74, 6) is -0.623. The third-order valence-electron chi connectivity index (χ3n) is 4.39. The Balaban J connectivity index is 1.52. The first-order valence-corrected chi connectivity index (χ1v) is 8.07. The van der Waals surface area contributed by atoms with Gasteiger partial charge in [0.1, 0.15) is 0 Å². The van der Waals surface area contributed by atoms with Crippen LogP contribution in [0.3, 0.4) is 0 Å². The molecule has 1 heterocycles. The summed E-state index contributed by atoms with van der Waals surface area (Å²) in [4.78, 5) is 38.2. The average molecular weight is 323 g/mol. The van der Waals surface area contributed by atoms with Crippen LogP contribution in [0.25, 0.3) is 10.8 Å². The zero-order chi connectivity index (χ0) is 16.7. The molecule has 0 bridgehead atoms. The minimum atomic E-state index is -0.311. The van der Waals surface area contributed by atoms with E-state index in [1.807, 2.05) is 24.3 Å². The molecule has 122 valence electrons. The Morgan fingerprint density at radius 3 is 2.25 bits per heavy atom. The summed E-state index contributed by atoms with van der Waals surface area (Å²) in [6, 6.07) is 10.9. The standard InChI is InChI=1S/C18H17N3O3/c22-16-13-5-1-3-11-4-2-6-14(15(11)13)17(23)21(16)10-9-19-18(24)20-12-7-8-12/h1-6,12H,7-10H2,(H2,19,20,24). The molecule has 4 amide bonds. The molecular formula is C18H17N3O3. The molecule has 2 aliphatic rings. The van der Waals surface area contributed by atoms with E-state index in [4.69, 9.17) is 0 Å². The van der Waals surface area contributed by atoms with Crippen LogP contribution in [-0.2, 0) is 0 Å². The highest BCUT2D eigenvalue weighted by Crippen LogP contribution is 2.29. The van der Waals surface area contributed by atoms with Crippen LogP contribution in [-0.4, -0.2) is 41.9 Å². The van der Waals surface area contributed by atoms with Gasteiger partial charge in [-0.1, -0.05) is 24.3 Å². The highest BCUT2D eigenvalue weighted by atomic mass is 16.2. The third kappa shape index (κ3) is 2.50. The summed E-state index contributed by atoms with van der Waals surface area (Å²) < 4.78 is 0. The fourth-order valence-corrected chi connectivity index (χ4v) is 3.03. The summed E-state index contributed by atoms with van der Waals surface area (Å²) in [7, 11) is 0. The van der Waals surface area contributed by atoms with E-state index in [9.17, 15) is 14.4 Å². The SMILES string of the molecule is O=C(NCCN1C(=O)c2cccc3cccc(c23)C1=O)NC1CC1. The van der Waals surface area contributed by atoms with Crippen molar-refractivity contribution in [1.29, 1.82) is 0 Å². The van der Waals surface area contributed by atoms with Gasteiger partial charge in [-0.25, -0.2) is 4.79 Å². The van der Waals surface area contributed by atoms with Crippen molar-refractivity contribution >= 4 is 28.6 Å². The van der Waals surface area contributed by atoms with Crippen molar-refractivity contribution in [3.8, 4) is 0 Å². The average Bonchev–Trinajstić information content (AvgIpc) is 3.39. The first-order valence-electron chi connectivity index (χ1n) is 8.07. The fraction of sp³-hybridized carbons (Fsp3) is 0.278. The van der Waals surface area contributed by atoms with Gasteiger partial charge in [-0.3, -0.25) is 14.5 Å². The molecular weight excluding hydrogens is 306 g/mol. The molecule has 2 aromatic rings. The Morgan fingerprint density at radius 2 is 1.67 bits per heavy atom. The molecule has 24 heavy (non-hydrogen) atoms. The topological polar surface area (TPSA) is 78.5 Å². The van der Waals surface area contributed by atoms with E-state index in [0.29, 0.717) is 16.5 Å². The van der Waals surface area contributed by atoms with Crippen LogP contribution < -0.4 is 10.6 Å². The van der Waals surface area contributed by atoms with Gasteiger partial charge in [-0.2, -0.15) is 0 Å². The van der Waals surface area contributed by atoms with Crippen molar-refractivity contribution < 1.29 is 14.4 Å². The minimum Gasteiger partial charge on any atom is -0.336 e. The summed E-state index contributed by atoms with van der Waals surface area (Å²) in [5, 5.41) is 7.10. The molecule has 1 saturated carbocycles. The molecule has 0 radical (unpaired) electrons. The first-order chi connectivity index (χ1) is 11.6. The lowest BCUT2D eigenvalue weighted by atomic mass is 9.94. The van der Waals surface area contributed by atoms with Crippen LogP contribution in [0.1, 0.15) is 33.6 Å². The van der Waals surface area contributed by atoms with Crippen LogP contribution in [0.5, 0.6) is 0 Å². The number of carbonyl (C=O) groups excluding carboxylic acids is 3. The molecule has 1 aliphatic carbocycles. The number of nitrogens with one attached hydrogen (secondary N) is 2. The smallest absolute Gasteiger partial charge is 0.315 e. The van der Waals surface area contributed by atoms with E-state index in [-0.39, 0.29) is 37.0 Å². The van der Waals surface area contributed by atoms with Gasteiger partial charge >= 0.3 is 6.03 Å². The maximum absolute atomic E-state index is 12.7. The molecule has 0 unspecified atom stereocenters. The van der Waals surface area contributed by atoms with E-state index in [1.54, 1.807) is 12.1 Å². The largest absolute Gasteiger partial charge is 0.336 e. The number of hydrogen-bond acceptors (Lipinski definition) is 3. The number of benzene rings is 2. The van der Waals surface area contributed by atoms with Gasteiger partial charge in [0.2, 0.25) is 0 Å². The molecule has 0 atom stereocenters. The Kier molecular flexibility index (Phi) is 3.45. The van der Waals surface area contributed by atoms with E-state index >= 15 is 0 Å². The molecule has 1 aliphatic heterocycles. The van der Waals surface area contributed by atoms with E-state index in [2.05, 4.69) is 10.6 Å². The summed E-state index contributed by atoms with van der Waals surface area (Å²) in [6.07, 6.45) is 2.02. The van der Waals surface area contributed by atoms with Gasteiger partial charge in [0.15, 0.2) is 0 Å². The van der Waals surface area contributed by atoms with Crippen LogP contribution in [0.4, 0.5) is 4.79 Å². The lowest BCUT2D eigenvalue weighted by Crippen LogP contribution is -2.46. The van der Waals surface area contributed by atoms with Crippen molar-refractivity contribution in [2.45, 2.75) is 18.9 Å². The van der Waals surface area contributed by atoms with E-state index in [1.165, 1.54) is 4.90 Å². The van der Waals surface area contributed by atoms with Crippen molar-refractivity contribution in [3.63, 3.8) is 0 Å². The maximum Gasteiger partial charge on any atom is 0.315 e. The van der Waals surface area contributed by atoms with Gasteiger partial charge in [0.05, 0.1) is 0 Å². The van der Waals surface area contributed by atoms with Crippen molar-refractivity contribution in [1.82, 2.24) is 15.5 Å². The monoisotopic (exact) mass is 323 g/mol. The molecule has 4 rings (SSSR count). The summed E-state index contributed by atoms with van der Waals surface area (Å²) in [6.45, 7) is 0.384. The van der Waals surface area contributed by atoms with E-state index < -0.39 is 0 Å². The van der Waals surface area contributed by atoms with Gasteiger partial charge in [-0.15, -0.1) is 0 Å². The number of amides is 4. The number of carbonyl (C=O) groups is 3. The zero-order valence-electron chi connectivity index (χ0n) is 13.0. The molecule has 2 aromatic carbocycles. The van der Waals surface area contributed by atoms with Crippen LogP contribution >= 0.6 is 0 Å². The predicted molar refractivity (Wildman–Crippen MR) is 88.9 cm³/mol. The fourth-order valence-electron chi connectivity index (χ4n) is 3.03. The van der Waals surface area contributed by atoms with Gasteiger partial charge < -0.3 is 10.6 Å². The number of rotatable bonds is 4. The molecule has 6 nitrogen and oxygen atoms in total. The predicted octanol–water partition coefficient (Wildman–Crippen LogP) is 1.90. The van der Waals surface area contributed by atoms with E-state index in [0.717, 1.165) is 18.2 Å². The highest BCUT2D eigenvalue weighted by Gasteiger charge is 2.32. The van der Waals surface area contributed by atoms with Crippen LogP contribution in [0.15, 0.2) is 36.4 Å². The second-order valence-corrected chi connectivity index (χ2v) is 6.15. The molecule has 2 N–H and O–H groups in total. The molecule has 0 aromatic heterocycles. The third-order valence-corrected chi connectivity index (χ3v) is 4.39. The minimum absolute atomic E-state index is 0.153. The quantitative estimate of drug-likeness (QED) is 0.844. The second-order valence-electron chi connectivity index (χ2n) is 6.15. The van der Waals surface area contributed by atoms with Crippen molar-refractivity contribution in [2.75, 3.05) is 13.1 Å². The van der Waals surface area contributed by atoms with Crippen LogP contribution in [0.2, 0.25) is 0 Å². The zero-order valence-corrected chi connectivity index (χ0v) is 13.0.